The lowest BCUT2D eigenvalue weighted by atomic mass is 10.0. The molecule has 2 aromatic rings. The highest BCUT2D eigenvalue weighted by atomic mass is 35.5. The number of amides is 3. The number of halogens is 1. The standard InChI is InChI=1S/C23H26ClN3O3/c1-16(28)25-21(15-17-5-3-2-4-6-17)22(29)26-20-11-13-27(14-12-20)23(30)18-7-9-19(24)10-8-18/h2-10,20-21H,11-15H2,1H3,(H,25,28)(H,26,29)/t21-/m1/s1. The second-order valence-corrected chi connectivity index (χ2v) is 7.96. The minimum Gasteiger partial charge on any atom is -0.351 e. The maximum Gasteiger partial charge on any atom is 0.253 e. The van der Waals surface area contributed by atoms with Crippen LogP contribution in [0.4, 0.5) is 0 Å². The van der Waals surface area contributed by atoms with Crippen molar-refractivity contribution in [2.75, 3.05) is 13.1 Å². The maximum atomic E-state index is 12.8. The van der Waals surface area contributed by atoms with Crippen LogP contribution in [0.1, 0.15) is 35.7 Å². The third-order valence-electron chi connectivity index (χ3n) is 5.20. The van der Waals surface area contributed by atoms with Crippen molar-refractivity contribution in [1.82, 2.24) is 15.5 Å². The van der Waals surface area contributed by atoms with Gasteiger partial charge >= 0.3 is 0 Å². The summed E-state index contributed by atoms with van der Waals surface area (Å²) in [5.41, 5.74) is 1.59. The minimum atomic E-state index is -0.626. The first kappa shape index (κ1) is 21.8. The van der Waals surface area contributed by atoms with Crippen LogP contribution in [0.5, 0.6) is 0 Å². The lowest BCUT2D eigenvalue weighted by Crippen LogP contribution is -2.53. The molecule has 0 saturated carbocycles. The van der Waals surface area contributed by atoms with Gasteiger partial charge in [-0.1, -0.05) is 41.9 Å². The number of nitrogens with zero attached hydrogens (tertiary/aromatic N) is 1. The van der Waals surface area contributed by atoms with E-state index in [9.17, 15) is 14.4 Å². The van der Waals surface area contributed by atoms with Gasteiger partial charge in [-0.2, -0.15) is 0 Å². The number of rotatable bonds is 6. The van der Waals surface area contributed by atoms with Crippen LogP contribution in [0.15, 0.2) is 54.6 Å². The topological polar surface area (TPSA) is 78.5 Å². The Labute approximate surface area is 181 Å². The van der Waals surface area contributed by atoms with Crippen LogP contribution >= 0.6 is 11.6 Å². The van der Waals surface area contributed by atoms with E-state index in [1.807, 2.05) is 30.3 Å². The van der Waals surface area contributed by atoms with E-state index in [0.29, 0.717) is 42.9 Å². The van der Waals surface area contributed by atoms with Gasteiger partial charge in [0.2, 0.25) is 11.8 Å². The molecule has 2 N–H and O–H groups in total. The smallest absolute Gasteiger partial charge is 0.253 e. The van der Waals surface area contributed by atoms with Crippen molar-refractivity contribution in [3.8, 4) is 0 Å². The van der Waals surface area contributed by atoms with E-state index < -0.39 is 6.04 Å². The predicted octanol–water partition coefficient (Wildman–Crippen LogP) is 2.81. The second kappa shape index (κ2) is 10.3. The fraction of sp³-hybridized carbons (Fsp3) is 0.348. The summed E-state index contributed by atoms with van der Waals surface area (Å²) < 4.78 is 0. The van der Waals surface area contributed by atoms with Gasteiger partial charge in [-0.25, -0.2) is 0 Å². The third kappa shape index (κ3) is 6.07. The van der Waals surface area contributed by atoms with Crippen LogP contribution in [-0.4, -0.2) is 47.8 Å². The molecule has 1 heterocycles. The molecule has 1 aliphatic rings. The molecule has 158 valence electrons. The van der Waals surface area contributed by atoms with E-state index >= 15 is 0 Å². The Bertz CT molecular complexity index is 878. The Kier molecular flexibility index (Phi) is 7.46. The Morgan fingerprint density at radius 2 is 1.67 bits per heavy atom. The summed E-state index contributed by atoms with van der Waals surface area (Å²) in [6.07, 6.45) is 1.77. The van der Waals surface area contributed by atoms with E-state index in [4.69, 9.17) is 11.6 Å². The van der Waals surface area contributed by atoms with Gasteiger partial charge < -0.3 is 15.5 Å². The summed E-state index contributed by atoms with van der Waals surface area (Å²) in [7, 11) is 0. The molecule has 7 heteroatoms. The zero-order chi connectivity index (χ0) is 21.5. The summed E-state index contributed by atoms with van der Waals surface area (Å²) in [6.45, 7) is 2.54. The van der Waals surface area contributed by atoms with E-state index in [2.05, 4.69) is 10.6 Å². The first-order chi connectivity index (χ1) is 14.4. The molecule has 1 atom stereocenters. The Hall–Kier alpha value is -2.86. The minimum absolute atomic E-state index is 0.0289. The van der Waals surface area contributed by atoms with Crippen LogP contribution in [-0.2, 0) is 16.0 Å². The number of carbonyl (C=O) groups is 3. The van der Waals surface area contributed by atoms with Crippen molar-refractivity contribution in [2.45, 2.75) is 38.3 Å². The normalized spacial score (nSPS) is 15.3. The molecule has 30 heavy (non-hydrogen) atoms. The van der Waals surface area contributed by atoms with Crippen molar-refractivity contribution in [3.63, 3.8) is 0 Å². The maximum absolute atomic E-state index is 12.8. The Balaban J connectivity index is 1.54. The lowest BCUT2D eigenvalue weighted by molar-refractivity contribution is -0.128. The van der Waals surface area contributed by atoms with Crippen molar-refractivity contribution >= 4 is 29.3 Å². The van der Waals surface area contributed by atoms with Gasteiger partial charge in [-0.05, 0) is 42.7 Å². The van der Waals surface area contributed by atoms with Crippen molar-refractivity contribution < 1.29 is 14.4 Å². The molecule has 0 bridgehead atoms. The highest BCUT2D eigenvalue weighted by Crippen LogP contribution is 2.16. The second-order valence-electron chi connectivity index (χ2n) is 7.52. The molecule has 3 rings (SSSR count). The van der Waals surface area contributed by atoms with Gasteiger partial charge in [0, 0.05) is 43.1 Å². The summed E-state index contributed by atoms with van der Waals surface area (Å²) in [4.78, 5) is 38.8. The van der Waals surface area contributed by atoms with Crippen LogP contribution in [0.25, 0.3) is 0 Å². The average molecular weight is 428 g/mol. The molecule has 0 aliphatic carbocycles. The van der Waals surface area contributed by atoms with Gasteiger partial charge in [0.25, 0.3) is 5.91 Å². The molecule has 3 amide bonds. The molecule has 0 unspecified atom stereocenters. The molecular weight excluding hydrogens is 402 g/mol. The molecule has 0 spiro atoms. The summed E-state index contributed by atoms with van der Waals surface area (Å²) >= 11 is 5.89. The molecule has 2 aromatic carbocycles. The number of nitrogens with one attached hydrogen (secondary N) is 2. The molecule has 1 fully saturated rings. The van der Waals surface area contributed by atoms with Crippen LogP contribution < -0.4 is 10.6 Å². The summed E-state index contributed by atoms with van der Waals surface area (Å²) in [5.74, 6) is -0.470. The average Bonchev–Trinajstić information content (AvgIpc) is 2.74. The highest BCUT2D eigenvalue weighted by Gasteiger charge is 2.27. The quantitative estimate of drug-likeness (QED) is 0.744. The first-order valence-corrected chi connectivity index (χ1v) is 10.5. The van der Waals surface area contributed by atoms with Crippen LogP contribution in [0.2, 0.25) is 5.02 Å². The lowest BCUT2D eigenvalue weighted by Gasteiger charge is -2.33. The number of likely N-dealkylation sites (tertiary alicyclic amines) is 1. The van der Waals surface area contributed by atoms with E-state index in [-0.39, 0.29) is 23.8 Å². The predicted molar refractivity (Wildman–Crippen MR) is 116 cm³/mol. The van der Waals surface area contributed by atoms with Crippen LogP contribution in [0.3, 0.4) is 0 Å². The molecule has 0 radical (unpaired) electrons. The first-order valence-electron chi connectivity index (χ1n) is 10.1. The number of hydrogen-bond donors (Lipinski definition) is 2. The van der Waals surface area contributed by atoms with Gasteiger partial charge in [0.15, 0.2) is 0 Å². The largest absolute Gasteiger partial charge is 0.351 e. The SMILES string of the molecule is CC(=O)N[C@H](Cc1ccccc1)C(=O)NC1CCN(C(=O)c2ccc(Cl)cc2)CC1. The van der Waals surface area contributed by atoms with E-state index in [1.165, 1.54) is 6.92 Å². The number of piperidine rings is 1. The molecule has 1 saturated heterocycles. The van der Waals surface area contributed by atoms with Crippen molar-refractivity contribution in [2.24, 2.45) is 0 Å². The van der Waals surface area contributed by atoms with Gasteiger partial charge in [-0.15, -0.1) is 0 Å². The fourth-order valence-corrected chi connectivity index (χ4v) is 3.73. The summed E-state index contributed by atoms with van der Waals surface area (Å²) in [6, 6.07) is 15.8. The highest BCUT2D eigenvalue weighted by molar-refractivity contribution is 6.30. The Morgan fingerprint density at radius 1 is 1.03 bits per heavy atom. The van der Waals surface area contributed by atoms with Gasteiger partial charge in [-0.3, -0.25) is 14.4 Å². The van der Waals surface area contributed by atoms with Gasteiger partial charge in [0.1, 0.15) is 6.04 Å². The van der Waals surface area contributed by atoms with E-state index in [1.54, 1.807) is 29.2 Å². The summed E-state index contributed by atoms with van der Waals surface area (Å²) in [5, 5.41) is 6.38. The fourth-order valence-electron chi connectivity index (χ4n) is 3.61. The Morgan fingerprint density at radius 3 is 2.27 bits per heavy atom. The third-order valence-corrected chi connectivity index (χ3v) is 5.45. The van der Waals surface area contributed by atoms with Gasteiger partial charge in [0.05, 0.1) is 0 Å². The molecule has 6 nitrogen and oxygen atoms in total. The molecule has 0 aromatic heterocycles. The van der Waals surface area contributed by atoms with Crippen molar-refractivity contribution in [1.29, 1.82) is 0 Å². The zero-order valence-electron chi connectivity index (χ0n) is 16.9. The monoisotopic (exact) mass is 427 g/mol. The van der Waals surface area contributed by atoms with Crippen molar-refractivity contribution in [3.05, 3.63) is 70.7 Å². The molecule has 1 aliphatic heterocycles. The molecular formula is C23H26ClN3O3. The van der Waals surface area contributed by atoms with Crippen LogP contribution in [0, 0.1) is 0 Å². The number of hydrogen-bond acceptors (Lipinski definition) is 3. The zero-order valence-corrected chi connectivity index (χ0v) is 17.7. The number of carbonyl (C=O) groups excluding carboxylic acids is 3. The van der Waals surface area contributed by atoms with E-state index in [0.717, 1.165) is 5.56 Å². The number of benzene rings is 2.